The molecule has 2 rings (SSSR count). The van der Waals surface area contributed by atoms with E-state index in [4.69, 9.17) is 16.7 Å². The highest BCUT2D eigenvalue weighted by molar-refractivity contribution is 6.30. The van der Waals surface area contributed by atoms with Crippen LogP contribution in [0.25, 0.3) is 0 Å². The molecule has 2 N–H and O–H groups in total. The number of carbonyl (C=O) groups excluding carboxylic acids is 1. The van der Waals surface area contributed by atoms with Crippen LogP contribution in [0, 0.1) is 0 Å². The molecule has 1 aromatic rings. The third kappa shape index (κ3) is 3.15. The maximum absolute atomic E-state index is 11.6. The minimum absolute atomic E-state index is 0.110. The normalized spacial score (nSPS) is 17.2. The molecule has 1 fully saturated rings. The number of nitrogens with one attached hydrogen (secondary N) is 1. The Bertz CT molecular complexity index is 414. The van der Waals surface area contributed by atoms with Crippen LogP contribution in [-0.2, 0) is 0 Å². The summed E-state index contributed by atoms with van der Waals surface area (Å²) in [4.78, 5) is 13.4. The smallest absolute Gasteiger partial charge is 0.317 e. The molecule has 0 spiro atoms. The van der Waals surface area contributed by atoms with Gasteiger partial charge in [0.05, 0.1) is 6.10 Å². The molecule has 0 radical (unpaired) electrons. The minimum atomic E-state index is -0.512. The average Bonchev–Trinajstić information content (AvgIpc) is 2.27. The number of nitrogens with zero attached hydrogens (tertiary/aromatic N) is 1. The summed E-state index contributed by atoms with van der Waals surface area (Å²) in [5.41, 5.74) is 1.21. The number of carbonyl (C=O) groups is 1. The van der Waals surface area contributed by atoms with E-state index in [1.165, 1.54) is 5.56 Å². The van der Waals surface area contributed by atoms with Gasteiger partial charge >= 0.3 is 6.03 Å². The molecule has 0 aromatic heterocycles. The monoisotopic (exact) mass is 268 g/mol. The van der Waals surface area contributed by atoms with Gasteiger partial charge < -0.3 is 15.3 Å². The van der Waals surface area contributed by atoms with Gasteiger partial charge in [-0.2, -0.15) is 0 Å². The number of aliphatic hydroxyl groups excluding tert-OH is 1. The van der Waals surface area contributed by atoms with Crippen molar-refractivity contribution in [3.8, 4) is 0 Å². The molecule has 1 atom stereocenters. The van der Waals surface area contributed by atoms with Gasteiger partial charge in [0.2, 0.25) is 0 Å². The average molecular weight is 269 g/mol. The Kier molecular flexibility index (Phi) is 4.09. The van der Waals surface area contributed by atoms with Crippen LogP contribution in [0.3, 0.4) is 0 Å². The molecule has 1 heterocycles. The van der Waals surface area contributed by atoms with Crippen LogP contribution >= 0.6 is 11.6 Å². The molecule has 2 amide bonds. The summed E-state index contributed by atoms with van der Waals surface area (Å²) in [6.45, 7) is 3.37. The number of likely N-dealkylation sites (tertiary alicyclic amines) is 1. The highest BCUT2D eigenvalue weighted by Crippen LogP contribution is 2.27. The summed E-state index contributed by atoms with van der Waals surface area (Å²) < 4.78 is 0. The van der Waals surface area contributed by atoms with Gasteiger partial charge in [-0.1, -0.05) is 23.7 Å². The molecule has 0 saturated carbocycles. The standard InChI is InChI=1S/C13H17ClN2O2/c1-9(17)6-15-13(18)16-7-11(8-16)10-2-4-12(14)5-3-10/h2-5,9,11,17H,6-8H2,1H3,(H,15,18). The number of amides is 2. The van der Waals surface area contributed by atoms with E-state index in [9.17, 15) is 4.79 Å². The second-order valence-corrected chi connectivity index (χ2v) is 5.12. The third-order valence-electron chi connectivity index (χ3n) is 3.06. The Morgan fingerprint density at radius 3 is 2.67 bits per heavy atom. The van der Waals surface area contributed by atoms with Crippen molar-refractivity contribution in [1.82, 2.24) is 10.2 Å². The van der Waals surface area contributed by atoms with Crippen molar-refractivity contribution < 1.29 is 9.90 Å². The molecule has 5 heteroatoms. The summed E-state index contributed by atoms with van der Waals surface area (Å²) >= 11 is 5.83. The Balaban J connectivity index is 1.79. The Labute approximate surface area is 112 Å². The molecule has 1 aliphatic rings. The highest BCUT2D eigenvalue weighted by atomic mass is 35.5. The lowest BCUT2D eigenvalue weighted by Crippen LogP contribution is -2.53. The zero-order valence-electron chi connectivity index (χ0n) is 10.3. The van der Waals surface area contributed by atoms with Crippen LogP contribution in [0.1, 0.15) is 18.4 Å². The topological polar surface area (TPSA) is 52.6 Å². The summed E-state index contributed by atoms with van der Waals surface area (Å²) in [6, 6.07) is 7.62. The zero-order chi connectivity index (χ0) is 13.1. The van der Waals surface area contributed by atoms with Gasteiger partial charge in [0.1, 0.15) is 0 Å². The van der Waals surface area contributed by atoms with Crippen molar-refractivity contribution in [2.24, 2.45) is 0 Å². The van der Waals surface area contributed by atoms with Crippen molar-refractivity contribution in [1.29, 1.82) is 0 Å². The van der Waals surface area contributed by atoms with Gasteiger partial charge in [0.15, 0.2) is 0 Å². The summed E-state index contributed by atoms with van der Waals surface area (Å²) in [6.07, 6.45) is -0.512. The first kappa shape index (κ1) is 13.2. The predicted octanol–water partition coefficient (Wildman–Crippen LogP) is 1.83. The first-order chi connectivity index (χ1) is 8.56. The fourth-order valence-electron chi connectivity index (χ4n) is 1.94. The molecule has 1 saturated heterocycles. The quantitative estimate of drug-likeness (QED) is 0.879. The number of urea groups is 1. The third-order valence-corrected chi connectivity index (χ3v) is 3.31. The number of hydrogen-bond acceptors (Lipinski definition) is 2. The molecule has 18 heavy (non-hydrogen) atoms. The number of aliphatic hydroxyl groups is 1. The van der Waals surface area contributed by atoms with Crippen molar-refractivity contribution in [2.75, 3.05) is 19.6 Å². The number of halogens is 1. The van der Waals surface area contributed by atoms with Gasteiger partial charge in [-0.3, -0.25) is 0 Å². The van der Waals surface area contributed by atoms with E-state index in [-0.39, 0.29) is 6.03 Å². The predicted molar refractivity (Wildman–Crippen MR) is 70.8 cm³/mol. The van der Waals surface area contributed by atoms with Crippen LogP contribution in [-0.4, -0.2) is 41.8 Å². The van der Waals surface area contributed by atoms with E-state index in [1.54, 1.807) is 11.8 Å². The Morgan fingerprint density at radius 2 is 2.11 bits per heavy atom. The maximum Gasteiger partial charge on any atom is 0.317 e. The first-order valence-corrected chi connectivity index (χ1v) is 6.40. The van der Waals surface area contributed by atoms with Crippen LogP contribution < -0.4 is 5.32 Å². The summed E-state index contributed by atoms with van der Waals surface area (Å²) in [5, 5.41) is 12.5. The van der Waals surface area contributed by atoms with E-state index >= 15 is 0 Å². The second kappa shape index (κ2) is 5.59. The molecule has 4 nitrogen and oxygen atoms in total. The van der Waals surface area contributed by atoms with Gasteiger partial charge in [-0.15, -0.1) is 0 Å². The van der Waals surface area contributed by atoms with E-state index in [2.05, 4.69) is 5.32 Å². The van der Waals surface area contributed by atoms with E-state index in [1.807, 2.05) is 24.3 Å². The van der Waals surface area contributed by atoms with Crippen molar-refractivity contribution in [3.05, 3.63) is 34.9 Å². The summed E-state index contributed by atoms with van der Waals surface area (Å²) in [7, 11) is 0. The molecular weight excluding hydrogens is 252 g/mol. The van der Waals surface area contributed by atoms with Crippen molar-refractivity contribution >= 4 is 17.6 Å². The largest absolute Gasteiger partial charge is 0.392 e. The lowest BCUT2D eigenvalue weighted by atomic mass is 9.92. The van der Waals surface area contributed by atoms with Crippen molar-refractivity contribution in [2.45, 2.75) is 18.9 Å². The molecule has 1 aliphatic heterocycles. The number of rotatable bonds is 3. The molecule has 0 aliphatic carbocycles. The maximum atomic E-state index is 11.6. The SMILES string of the molecule is CC(O)CNC(=O)N1CC(c2ccc(Cl)cc2)C1. The fourth-order valence-corrected chi connectivity index (χ4v) is 2.06. The van der Waals surface area contributed by atoms with Crippen LogP contribution in [0.5, 0.6) is 0 Å². The van der Waals surface area contributed by atoms with Gasteiger partial charge in [0.25, 0.3) is 0 Å². The Morgan fingerprint density at radius 1 is 1.50 bits per heavy atom. The zero-order valence-corrected chi connectivity index (χ0v) is 11.0. The van der Waals surface area contributed by atoms with E-state index < -0.39 is 6.10 Å². The molecule has 1 unspecified atom stereocenters. The van der Waals surface area contributed by atoms with Crippen molar-refractivity contribution in [3.63, 3.8) is 0 Å². The highest BCUT2D eigenvalue weighted by Gasteiger charge is 2.31. The molecule has 0 bridgehead atoms. The van der Waals surface area contributed by atoms with Gasteiger partial charge in [0, 0.05) is 30.6 Å². The van der Waals surface area contributed by atoms with E-state index in [0.29, 0.717) is 25.6 Å². The fraction of sp³-hybridized carbons (Fsp3) is 0.462. The number of benzene rings is 1. The number of hydrogen-bond donors (Lipinski definition) is 2. The minimum Gasteiger partial charge on any atom is -0.392 e. The molecule has 1 aromatic carbocycles. The van der Waals surface area contributed by atoms with E-state index in [0.717, 1.165) is 5.02 Å². The van der Waals surface area contributed by atoms with Gasteiger partial charge in [-0.05, 0) is 24.6 Å². The van der Waals surface area contributed by atoms with Crippen LogP contribution in [0.4, 0.5) is 4.79 Å². The van der Waals surface area contributed by atoms with Crippen LogP contribution in [0.15, 0.2) is 24.3 Å². The lowest BCUT2D eigenvalue weighted by molar-refractivity contribution is 0.141. The summed E-state index contributed by atoms with van der Waals surface area (Å²) in [5.74, 6) is 0.388. The van der Waals surface area contributed by atoms with Gasteiger partial charge in [-0.25, -0.2) is 4.79 Å². The lowest BCUT2D eigenvalue weighted by Gasteiger charge is -2.39. The van der Waals surface area contributed by atoms with Crippen LogP contribution in [0.2, 0.25) is 5.02 Å². The second-order valence-electron chi connectivity index (χ2n) is 4.69. The molecular formula is C13H17ClN2O2. The molecule has 98 valence electrons. The Hall–Kier alpha value is -1.26. The first-order valence-electron chi connectivity index (χ1n) is 6.02.